The summed E-state index contributed by atoms with van der Waals surface area (Å²) in [5.41, 5.74) is 2.91. The van der Waals surface area contributed by atoms with E-state index in [4.69, 9.17) is 4.74 Å². The molecule has 28 heavy (non-hydrogen) atoms. The fourth-order valence-electron chi connectivity index (χ4n) is 3.96. The van der Waals surface area contributed by atoms with E-state index in [2.05, 4.69) is 15.6 Å². The quantitative estimate of drug-likeness (QED) is 0.732. The lowest BCUT2D eigenvalue weighted by atomic mass is 10.00. The highest BCUT2D eigenvalue weighted by Gasteiger charge is 2.31. The number of fused-ring (bicyclic) bond motifs is 4. The summed E-state index contributed by atoms with van der Waals surface area (Å²) in [7, 11) is 0. The lowest BCUT2D eigenvalue weighted by Crippen LogP contribution is -2.38. The molecule has 5 rings (SSSR count). The molecule has 7 heteroatoms. The molecule has 142 valence electrons. The molecule has 2 amide bonds. The van der Waals surface area contributed by atoms with Gasteiger partial charge in [0.25, 0.3) is 0 Å². The molecule has 3 aromatic rings. The van der Waals surface area contributed by atoms with E-state index in [1.165, 1.54) is 0 Å². The minimum atomic E-state index is -0.419. The third-order valence-corrected chi connectivity index (χ3v) is 5.44. The van der Waals surface area contributed by atoms with Gasteiger partial charge in [0.2, 0.25) is 17.8 Å². The number of para-hydroxylation sites is 3. The number of carbonyl (C=O) groups is 2. The highest BCUT2D eigenvalue weighted by Crippen LogP contribution is 2.33. The smallest absolute Gasteiger partial charge is 0.232 e. The van der Waals surface area contributed by atoms with Crippen LogP contribution in [0.5, 0.6) is 5.75 Å². The number of nitrogens with one attached hydrogen (secondary N) is 2. The highest BCUT2D eigenvalue weighted by molar-refractivity contribution is 5.97. The van der Waals surface area contributed by atoms with Gasteiger partial charge in [-0.25, -0.2) is 4.98 Å². The van der Waals surface area contributed by atoms with E-state index in [0.29, 0.717) is 25.6 Å². The third-order valence-electron chi connectivity index (χ3n) is 5.44. The summed E-state index contributed by atoms with van der Waals surface area (Å²) < 4.78 is 7.62. The predicted molar refractivity (Wildman–Crippen MR) is 104 cm³/mol. The molecule has 1 aromatic heterocycles. The number of hydrogen-bond donors (Lipinski definition) is 2. The fraction of sp³-hybridized carbons (Fsp3) is 0.286. The number of carbonyl (C=O) groups excluding carboxylic acids is 2. The van der Waals surface area contributed by atoms with Gasteiger partial charge in [-0.15, -0.1) is 0 Å². The van der Waals surface area contributed by atoms with E-state index >= 15 is 0 Å². The molecule has 0 bridgehead atoms. The largest absolute Gasteiger partial charge is 0.493 e. The number of anilines is 1. The first-order chi connectivity index (χ1) is 13.7. The Kier molecular flexibility index (Phi) is 4.00. The summed E-state index contributed by atoms with van der Waals surface area (Å²) in [6.45, 7) is 1.52. The van der Waals surface area contributed by atoms with Crippen LogP contribution in [0.25, 0.3) is 11.0 Å². The van der Waals surface area contributed by atoms with E-state index in [9.17, 15) is 9.59 Å². The SMILES string of the molecule is O=C(CC1Cn2c(nc3ccccc32)NC1=O)NCC1COc2ccccc21. The van der Waals surface area contributed by atoms with Crippen LogP contribution in [0.2, 0.25) is 0 Å². The molecule has 3 heterocycles. The normalized spacial score (nSPS) is 20.2. The molecule has 2 aliphatic rings. The molecule has 2 aromatic carbocycles. The minimum absolute atomic E-state index is 0.127. The van der Waals surface area contributed by atoms with Crippen molar-refractivity contribution in [2.45, 2.75) is 18.9 Å². The lowest BCUT2D eigenvalue weighted by molar-refractivity contribution is -0.128. The van der Waals surface area contributed by atoms with Gasteiger partial charge in [0.15, 0.2) is 0 Å². The molecule has 0 aliphatic carbocycles. The van der Waals surface area contributed by atoms with Crippen molar-refractivity contribution in [2.24, 2.45) is 5.92 Å². The van der Waals surface area contributed by atoms with Crippen LogP contribution >= 0.6 is 0 Å². The number of rotatable bonds is 4. The molecule has 0 saturated carbocycles. The number of amides is 2. The van der Waals surface area contributed by atoms with E-state index in [1.54, 1.807) is 0 Å². The summed E-state index contributed by atoms with van der Waals surface area (Å²) in [6, 6.07) is 15.6. The number of hydrogen-bond acceptors (Lipinski definition) is 4. The summed E-state index contributed by atoms with van der Waals surface area (Å²) >= 11 is 0. The summed E-state index contributed by atoms with van der Waals surface area (Å²) in [5, 5.41) is 5.79. The Morgan fingerprint density at radius 2 is 2.00 bits per heavy atom. The summed E-state index contributed by atoms with van der Waals surface area (Å²) in [4.78, 5) is 29.4. The van der Waals surface area contributed by atoms with Crippen LogP contribution in [0.15, 0.2) is 48.5 Å². The second kappa shape index (κ2) is 6.67. The van der Waals surface area contributed by atoms with Crippen LogP contribution in [0, 0.1) is 5.92 Å². The van der Waals surface area contributed by atoms with Gasteiger partial charge in [-0.3, -0.25) is 14.9 Å². The molecular formula is C21H20N4O3. The lowest BCUT2D eigenvalue weighted by Gasteiger charge is -2.23. The molecule has 7 nitrogen and oxygen atoms in total. The second-order valence-electron chi connectivity index (χ2n) is 7.27. The first-order valence-electron chi connectivity index (χ1n) is 9.43. The zero-order valence-electron chi connectivity index (χ0n) is 15.2. The van der Waals surface area contributed by atoms with E-state index in [-0.39, 0.29) is 24.2 Å². The van der Waals surface area contributed by atoms with Gasteiger partial charge in [-0.05, 0) is 18.2 Å². The summed E-state index contributed by atoms with van der Waals surface area (Å²) in [5.74, 6) is 0.863. The molecule has 0 spiro atoms. The minimum Gasteiger partial charge on any atom is -0.493 e. The third kappa shape index (κ3) is 2.89. The first kappa shape index (κ1) is 16.8. The fourth-order valence-corrected chi connectivity index (χ4v) is 3.96. The van der Waals surface area contributed by atoms with Crippen molar-refractivity contribution in [3.05, 3.63) is 54.1 Å². The van der Waals surface area contributed by atoms with Gasteiger partial charge in [0, 0.05) is 31.0 Å². The highest BCUT2D eigenvalue weighted by atomic mass is 16.5. The maximum Gasteiger partial charge on any atom is 0.232 e. The van der Waals surface area contributed by atoms with Crippen LogP contribution in [0.1, 0.15) is 17.9 Å². The maximum atomic E-state index is 12.5. The predicted octanol–water partition coefficient (Wildman–Crippen LogP) is 2.29. The Bertz CT molecular complexity index is 1070. The van der Waals surface area contributed by atoms with E-state index in [0.717, 1.165) is 22.3 Å². The Morgan fingerprint density at radius 3 is 2.93 bits per heavy atom. The zero-order valence-corrected chi connectivity index (χ0v) is 15.2. The Hall–Kier alpha value is -3.35. The Balaban J connectivity index is 1.24. The van der Waals surface area contributed by atoms with Crippen molar-refractivity contribution in [1.29, 1.82) is 0 Å². The van der Waals surface area contributed by atoms with Crippen molar-refractivity contribution in [2.75, 3.05) is 18.5 Å². The van der Waals surface area contributed by atoms with Crippen molar-refractivity contribution >= 4 is 28.8 Å². The van der Waals surface area contributed by atoms with Crippen molar-refractivity contribution in [1.82, 2.24) is 14.9 Å². The van der Waals surface area contributed by atoms with Crippen LogP contribution in [-0.2, 0) is 16.1 Å². The van der Waals surface area contributed by atoms with Gasteiger partial charge in [0.05, 0.1) is 23.6 Å². The molecule has 2 atom stereocenters. The average Bonchev–Trinajstić information content (AvgIpc) is 3.27. The Labute approximate surface area is 161 Å². The summed E-state index contributed by atoms with van der Waals surface area (Å²) in [6.07, 6.45) is 0.146. The van der Waals surface area contributed by atoms with Gasteiger partial charge in [-0.1, -0.05) is 30.3 Å². The number of nitrogens with zero attached hydrogens (tertiary/aromatic N) is 2. The van der Waals surface area contributed by atoms with E-state index < -0.39 is 5.92 Å². The van der Waals surface area contributed by atoms with Crippen LogP contribution in [0.3, 0.4) is 0 Å². The standard InChI is InChI=1S/C21H20N4O3/c26-19(22-10-14-12-28-18-8-4-1-5-15(14)18)9-13-11-25-17-7-3-2-6-16(17)23-21(25)24-20(13)27/h1-8,13-14H,9-12H2,(H,22,26)(H,23,24,27). The molecule has 2 aliphatic heterocycles. The van der Waals surface area contributed by atoms with Gasteiger partial charge in [0.1, 0.15) is 5.75 Å². The van der Waals surface area contributed by atoms with Gasteiger partial charge in [-0.2, -0.15) is 0 Å². The number of ether oxygens (including phenoxy) is 1. The molecular weight excluding hydrogens is 356 g/mol. The average molecular weight is 376 g/mol. The molecule has 0 saturated heterocycles. The van der Waals surface area contributed by atoms with Crippen molar-refractivity contribution < 1.29 is 14.3 Å². The number of imidazole rings is 1. The topological polar surface area (TPSA) is 85.2 Å². The maximum absolute atomic E-state index is 12.5. The van der Waals surface area contributed by atoms with Crippen LogP contribution in [0.4, 0.5) is 5.95 Å². The first-order valence-corrected chi connectivity index (χ1v) is 9.43. The number of benzene rings is 2. The number of aromatic nitrogens is 2. The zero-order chi connectivity index (χ0) is 19.1. The molecule has 2 unspecified atom stereocenters. The second-order valence-corrected chi connectivity index (χ2v) is 7.27. The van der Waals surface area contributed by atoms with Crippen LogP contribution < -0.4 is 15.4 Å². The molecule has 0 fully saturated rings. The van der Waals surface area contributed by atoms with E-state index in [1.807, 2.05) is 53.1 Å². The molecule has 2 N–H and O–H groups in total. The molecule has 0 radical (unpaired) electrons. The van der Waals surface area contributed by atoms with Crippen LogP contribution in [-0.4, -0.2) is 34.5 Å². The monoisotopic (exact) mass is 376 g/mol. The van der Waals surface area contributed by atoms with Gasteiger partial charge >= 0.3 is 0 Å². The van der Waals surface area contributed by atoms with Crippen molar-refractivity contribution in [3.8, 4) is 5.75 Å². The van der Waals surface area contributed by atoms with Crippen molar-refractivity contribution in [3.63, 3.8) is 0 Å². The Morgan fingerprint density at radius 1 is 1.18 bits per heavy atom. The van der Waals surface area contributed by atoms with Gasteiger partial charge < -0.3 is 14.6 Å².